The molecule has 0 aliphatic rings. The first kappa shape index (κ1) is 51.1. The number of halogens is 1. The summed E-state index contributed by atoms with van der Waals surface area (Å²) in [5.41, 5.74) is 8.85. The number of nitrogens with zero attached hydrogens (tertiary/aromatic N) is 5. The molecule has 0 unspecified atom stereocenters. The van der Waals surface area contributed by atoms with Crippen LogP contribution >= 0.6 is 12.4 Å². The Bertz CT molecular complexity index is 1410. The molecule has 4 rings (SSSR count). The molecule has 0 amide bonds. The molecule has 4 aromatic rings. The zero-order valence-corrected chi connectivity index (χ0v) is 32.8. The first-order valence-electron chi connectivity index (χ1n) is 15.2. The van der Waals surface area contributed by atoms with Crippen LogP contribution in [0, 0.1) is 11.8 Å². The Balaban J connectivity index is -0.000000762. The van der Waals surface area contributed by atoms with E-state index in [1.807, 2.05) is 42.5 Å². The van der Waals surface area contributed by atoms with E-state index in [-0.39, 0.29) is 50.4 Å². The molecule has 0 saturated carbocycles. The molecule has 13 heteroatoms. The van der Waals surface area contributed by atoms with Crippen molar-refractivity contribution in [1.29, 1.82) is 5.26 Å². The number of hydrogen-bond donors (Lipinski definition) is 4. The number of likely N-dealkylation sites (N-methyl/N-ethyl adjacent to an activating group) is 2. The van der Waals surface area contributed by atoms with Gasteiger partial charge in [0.05, 0.1) is 0 Å². The number of anilines is 2. The van der Waals surface area contributed by atoms with E-state index in [2.05, 4.69) is 126 Å². The summed E-state index contributed by atoms with van der Waals surface area (Å²) in [6, 6.07) is 37.0. The minimum absolute atomic E-state index is 0. The van der Waals surface area contributed by atoms with Gasteiger partial charge in [-0.2, -0.15) is 0 Å². The molecule has 3 radical (unpaired) electrons. The van der Waals surface area contributed by atoms with Crippen LogP contribution in [0.2, 0.25) is 0 Å². The van der Waals surface area contributed by atoms with Crippen LogP contribution in [0.4, 0.5) is 11.4 Å². The molecular formula is C37H51BClN7NaO3. The van der Waals surface area contributed by atoms with Crippen LogP contribution in [0.5, 0.6) is 0 Å². The molecule has 10 nitrogen and oxygen atoms in total. The van der Waals surface area contributed by atoms with Crippen LogP contribution in [0.25, 0.3) is 0 Å². The fourth-order valence-electron chi connectivity index (χ4n) is 4.60. The van der Waals surface area contributed by atoms with E-state index in [0.717, 1.165) is 62.4 Å². The molecule has 263 valence electrons. The smallest absolute Gasteiger partial charge is 0.512 e. The van der Waals surface area contributed by atoms with Gasteiger partial charge in [0, 0.05) is 71.2 Å². The molecule has 0 bridgehead atoms. The summed E-state index contributed by atoms with van der Waals surface area (Å²) in [7, 11) is 8.32. The van der Waals surface area contributed by atoms with Gasteiger partial charge in [-0.25, -0.2) is 11.4 Å². The third-order valence-corrected chi connectivity index (χ3v) is 7.00. The van der Waals surface area contributed by atoms with Crippen LogP contribution < -0.4 is 50.7 Å². The Hall–Kier alpha value is -3.25. The molecule has 0 aliphatic heterocycles. The van der Waals surface area contributed by atoms with Gasteiger partial charge in [0.2, 0.25) is 0 Å². The molecule has 0 spiro atoms. The standard InChI is InChI=1S/C18H25N3O.C18H22N2O.CN.B.ClH.H3NO.Na/c1-20(2)11-12-21(15-16-7-4-3-5-8-16)18-10-6-9-17(13-18)14-19-22;1-19(2)11-12-20(14-16-7-4-3-5-8-16)18-10-6-9-17(13-18)15-21;1-2;;;1-2;/h3-10,13,19,22H,11-12,14-15H2,1-2H3;3-10,13,15H,11-12,14H2,1-2H3;;;1H;2H,1H2;/q;;-1;;;;+1. The number of hydroxylamine groups is 1. The molecule has 5 N–H and O–H groups in total. The first-order chi connectivity index (χ1) is 22.9. The summed E-state index contributed by atoms with van der Waals surface area (Å²) < 4.78 is 0. The van der Waals surface area contributed by atoms with Crippen molar-refractivity contribution in [3.8, 4) is 0 Å². The first-order valence-corrected chi connectivity index (χ1v) is 15.2. The quantitative estimate of drug-likeness (QED) is 0.0631. The molecule has 0 fully saturated rings. The van der Waals surface area contributed by atoms with Gasteiger partial charge in [0.25, 0.3) is 0 Å². The number of carbonyl (C=O) groups excluding carboxylic acids is 1. The van der Waals surface area contributed by atoms with Gasteiger partial charge in [-0.15, -0.1) is 12.4 Å². The van der Waals surface area contributed by atoms with Crippen LogP contribution in [-0.4, -0.2) is 89.3 Å². The summed E-state index contributed by atoms with van der Waals surface area (Å²) in [4.78, 5) is 20.0. The molecule has 0 aromatic heterocycles. The summed E-state index contributed by atoms with van der Waals surface area (Å²) >= 11 is 0. The van der Waals surface area contributed by atoms with Crippen molar-refractivity contribution in [2.24, 2.45) is 5.90 Å². The van der Waals surface area contributed by atoms with Crippen molar-refractivity contribution < 1.29 is 44.8 Å². The van der Waals surface area contributed by atoms with E-state index in [0.29, 0.717) is 6.54 Å². The molecule has 0 atom stereocenters. The Labute approximate surface area is 329 Å². The number of hydrogen-bond acceptors (Lipinski definition) is 10. The Kier molecular flexibility index (Phi) is 32.4. The van der Waals surface area contributed by atoms with Gasteiger partial charge in [-0.05, 0) is 69.1 Å². The van der Waals surface area contributed by atoms with Crippen molar-refractivity contribution in [1.82, 2.24) is 15.3 Å². The van der Waals surface area contributed by atoms with Crippen molar-refractivity contribution in [3.05, 3.63) is 138 Å². The number of carbonyl (C=O) groups is 1. The normalized spacial score (nSPS) is 9.42. The summed E-state index contributed by atoms with van der Waals surface area (Å²) in [5, 5.41) is 21.6. The van der Waals surface area contributed by atoms with Gasteiger partial charge in [-0.1, -0.05) is 84.9 Å². The second kappa shape index (κ2) is 31.7. The zero-order chi connectivity index (χ0) is 34.9. The molecular weight excluding hydrogens is 660 g/mol. The number of rotatable bonds is 15. The van der Waals surface area contributed by atoms with E-state index < -0.39 is 0 Å². The maximum absolute atomic E-state index is 11.0. The van der Waals surface area contributed by atoms with Crippen LogP contribution in [0.3, 0.4) is 0 Å². The Morgan fingerprint density at radius 2 is 1.06 bits per heavy atom. The number of nitrogens with two attached hydrogens (primary N) is 1. The molecule has 0 saturated heterocycles. The predicted molar refractivity (Wildman–Crippen MR) is 203 cm³/mol. The zero-order valence-electron chi connectivity index (χ0n) is 30.0. The SMILES string of the molecule is CN(C)CCN(Cc1ccccc1)c1cccc(C=O)c1.CN(C)CCN(Cc1ccccc1)c1cccc(CNO)c1.Cl.NO.[B].[C-]#N.[Na+]. The summed E-state index contributed by atoms with van der Waals surface area (Å²) in [6.45, 7) is 10.8. The fourth-order valence-corrected chi connectivity index (χ4v) is 4.60. The largest absolute Gasteiger partial charge is 1.00 e. The van der Waals surface area contributed by atoms with Crippen LogP contribution in [0.1, 0.15) is 27.0 Å². The van der Waals surface area contributed by atoms with Gasteiger partial charge >= 0.3 is 29.6 Å². The molecule has 4 aromatic carbocycles. The van der Waals surface area contributed by atoms with Crippen molar-refractivity contribution in [2.45, 2.75) is 19.6 Å². The van der Waals surface area contributed by atoms with E-state index in [1.54, 1.807) is 0 Å². The maximum atomic E-state index is 11.0. The van der Waals surface area contributed by atoms with Crippen molar-refractivity contribution in [2.75, 3.05) is 64.2 Å². The molecule has 0 heterocycles. The fraction of sp³-hybridized carbons (Fsp3) is 0.297. The number of benzene rings is 4. The Morgan fingerprint density at radius 3 is 1.46 bits per heavy atom. The molecule has 0 aliphatic carbocycles. The third-order valence-electron chi connectivity index (χ3n) is 7.00. The number of aldehydes is 1. The maximum Gasteiger partial charge on any atom is 1.00 e. The summed E-state index contributed by atoms with van der Waals surface area (Å²) in [6.07, 6.45) is 0.899. The van der Waals surface area contributed by atoms with Gasteiger partial charge in [-0.3, -0.25) is 4.79 Å². The second-order valence-corrected chi connectivity index (χ2v) is 11.1. The van der Waals surface area contributed by atoms with Crippen LogP contribution in [-0.2, 0) is 19.6 Å². The van der Waals surface area contributed by atoms with Gasteiger partial charge in [0.1, 0.15) is 6.29 Å². The second-order valence-electron chi connectivity index (χ2n) is 11.1. The average Bonchev–Trinajstić information content (AvgIpc) is 3.11. The van der Waals surface area contributed by atoms with E-state index in [9.17, 15) is 4.79 Å². The average molecular weight is 711 g/mol. The summed E-state index contributed by atoms with van der Waals surface area (Å²) in [5.74, 6) is 3.50. The van der Waals surface area contributed by atoms with E-state index in [1.165, 1.54) is 16.8 Å². The minimum Gasteiger partial charge on any atom is -0.512 e. The van der Waals surface area contributed by atoms with Crippen LogP contribution in [0.15, 0.2) is 109 Å². The number of nitrogens with one attached hydrogen (secondary N) is 1. The Morgan fingerprint density at radius 1 is 0.660 bits per heavy atom. The van der Waals surface area contributed by atoms with E-state index >= 15 is 0 Å². The van der Waals surface area contributed by atoms with E-state index in [4.69, 9.17) is 22.2 Å². The van der Waals surface area contributed by atoms with Gasteiger partial charge in [0.15, 0.2) is 0 Å². The van der Waals surface area contributed by atoms with Crippen molar-refractivity contribution in [3.63, 3.8) is 0 Å². The predicted octanol–water partition coefficient (Wildman–Crippen LogP) is 2.28. The minimum atomic E-state index is 0. The van der Waals surface area contributed by atoms with Crippen molar-refractivity contribution >= 4 is 38.5 Å². The van der Waals surface area contributed by atoms with Gasteiger partial charge < -0.3 is 41.8 Å². The topological polar surface area (TPSA) is 132 Å². The third kappa shape index (κ3) is 21.1. The molecule has 50 heavy (non-hydrogen) atoms. The monoisotopic (exact) mass is 710 g/mol.